The third kappa shape index (κ3) is 2.72. The predicted molar refractivity (Wildman–Crippen MR) is 72.3 cm³/mol. The summed E-state index contributed by atoms with van der Waals surface area (Å²) in [7, 11) is 1.78. The van der Waals surface area contributed by atoms with E-state index in [0.717, 1.165) is 5.69 Å². The molecule has 6 heteroatoms. The molecule has 0 aliphatic rings. The van der Waals surface area contributed by atoms with Gasteiger partial charge in [0, 0.05) is 13.2 Å². The maximum absolute atomic E-state index is 11.1. The molecule has 0 unspecified atom stereocenters. The molecule has 0 aliphatic heterocycles. The number of carbonyl (C=O) groups is 1. The first-order valence-corrected chi connectivity index (χ1v) is 5.86. The van der Waals surface area contributed by atoms with Gasteiger partial charge in [-0.1, -0.05) is 12.1 Å². The van der Waals surface area contributed by atoms with Crippen molar-refractivity contribution in [2.24, 2.45) is 0 Å². The summed E-state index contributed by atoms with van der Waals surface area (Å²) in [5, 5.41) is 18.2. The van der Waals surface area contributed by atoms with E-state index in [2.05, 4.69) is 16.0 Å². The average molecular weight is 268 g/mol. The van der Waals surface area contributed by atoms with E-state index >= 15 is 0 Å². The molecule has 0 saturated heterocycles. The average Bonchev–Trinajstić information content (AvgIpc) is 2.47. The van der Waals surface area contributed by atoms with E-state index in [1.807, 2.05) is 6.07 Å². The zero-order valence-electron chi connectivity index (χ0n) is 10.8. The van der Waals surface area contributed by atoms with Crippen LogP contribution in [0.1, 0.15) is 21.6 Å². The Morgan fingerprint density at radius 2 is 2.20 bits per heavy atom. The quantitative estimate of drug-likeness (QED) is 0.907. The number of hydrogen-bond acceptors (Lipinski definition) is 5. The van der Waals surface area contributed by atoms with Crippen LogP contribution in [0.4, 0.5) is 5.69 Å². The minimum absolute atomic E-state index is 0.0637. The molecular formula is C14H12N4O2. The maximum atomic E-state index is 11.1. The number of para-hydroxylation sites is 1. The smallest absolute Gasteiger partial charge is 0.339 e. The fourth-order valence-electron chi connectivity index (χ4n) is 1.87. The lowest BCUT2D eigenvalue weighted by atomic mass is 10.1. The number of nitriles is 1. The molecule has 0 atom stereocenters. The molecule has 0 amide bonds. The van der Waals surface area contributed by atoms with Crippen LogP contribution in [-0.4, -0.2) is 28.1 Å². The van der Waals surface area contributed by atoms with Crippen LogP contribution in [0.25, 0.3) is 0 Å². The largest absolute Gasteiger partial charge is 0.478 e. The summed E-state index contributed by atoms with van der Waals surface area (Å²) >= 11 is 0. The highest BCUT2D eigenvalue weighted by molar-refractivity contribution is 5.88. The van der Waals surface area contributed by atoms with Gasteiger partial charge >= 0.3 is 5.97 Å². The molecule has 1 heterocycles. The highest BCUT2D eigenvalue weighted by Gasteiger charge is 2.14. The minimum atomic E-state index is -1.07. The fourth-order valence-corrected chi connectivity index (χ4v) is 1.87. The Labute approximate surface area is 115 Å². The molecule has 1 aromatic carbocycles. The first-order chi connectivity index (χ1) is 9.63. The van der Waals surface area contributed by atoms with Gasteiger partial charge in [-0.3, -0.25) is 0 Å². The first kappa shape index (κ1) is 13.5. The highest BCUT2D eigenvalue weighted by Crippen LogP contribution is 2.20. The molecule has 0 spiro atoms. The van der Waals surface area contributed by atoms with Crippen LogP contribution in [0.2, 0.25) is 0 Å². The van der Waals surface area contributed by atoms with E-state index in [1.54, 1.807) is 30.1 Å². The van der Waals surface area contributed by atoms with Gasteiger partial charge in [0.15, 0.2) is 0 Å². The number of carboxylic acids is 1. The molecule has 1 N–H and O–H groups in total. The van der Waals surface area contributed by atoms with Crippen molar-refractivity contribution >= 4 is 11.7 Å². The number of carboxylic acid groups (broad SMARTS) is 1. The fraction of sp³-hybridized carbons (Fsp3) is 0.143. The summed E-state index contributed by atoms with van der Waals surface area (Å²) in [6.45, 7) is 0.281. The SMILES string of the molecule is CN(Cc1ncncc1C(=O)O)c1ccccc1C#N. The lowest BCUT2D eigenvalue weighted by molar-refractivity contribution is 0.0694. The van der Waals surface area contributed by atoms with Crippen molar-refractivity contribution in [3.05, 3.63) is 53.6 Å². The number of anilines is 1. The summed E-state index contributed by atoms with van der Waals surface area (Å²) in [5.41, 5.74) is 1.72. The zero-order chi connectivity index (χ0) is 14.5. The molecular weight excluding hydrogens is 256 g/mol. The molecule has 20 heavy (non-hydrogen) atoms. The molecule has 100 valence electrons. The summed E-state index contributed by atoms with van der Waals surface area (Å²) in [4.78, 5) is 20.6. The maximum Gasteiger partial charge on any atom is 0.339 e. The van der Waals surface area contributed by atoms with E-state index in [4.69, 9.17) is 10.4 Å². The molecule has 2 rings (SSSR count). The number of aromatic carboxylic acids is 1. The zero-order valence-corrected chi connectivity index (χ0v) is 10.8. The number of benzene rings is 1. The second-order valence-electron chi connectivity index (χ2n) is 4.17. The number of rotatable bonds is 4. The Balaban J connectivity index is 2.31. The van der Waals surface area contributed by atoms with Gasteiger partial charge in [0.2, 0.25) is 0 Å². The molecule has 0 fully saturated rings. The lowest BCUT2D eigenvalue weighted by Gasteiger charge is -2.20. The van der Waals surface area contributed by atoms with Gasteiger partial charge < -0.3 is 10.0 Å². The topological polar surface area (TPSA) is 90.1 Å². The van der Waals surface area contributed by atoms with Crippen LogP contribution in [-0.2, 0) is 6.54 Å². The number of aromatic nitrogens is 2. The van der Waals surface area contributed by atoms with Crippen molar-refractivity contribution in [2.45, 2.75) is 6.54 Å². The standard InChI is InChI=1S/C14H12N4O2/c1-18(13-5-3-2-4-10(13)6-15)8-12-11(14(19)20)7-16-9-17-12/h2-5,7,9H,8H2,1H3,(H,19,20). The van der Waals surface area contributed by atoms with Crippen LogP contribution in [0.15, 0.2) is 36.8 Å². The van der Waals surface area contributed by atoms with Crippen molar-refractivity contribution in [3.63, 3.8) is 0 Å². The Bertz CT molecular complexity index is 679. The Hall–Kier alpha value is -2.94. The molecule has 6 nitrogen and oxygen atoms in total. The Morgan fingerprint density at radius 1 is 1.45 bits per heavy atom. The second-order valence-corrected chi connectivity index (χ2v) is 4.17. The monoisotopic (exact) mass is 268 g/mol. The van der Waals surface area contributed by atoms with Gasteiger partial charge in [-0.2, -0.15) is 5.26 Å². The third-order valence-corrected chi connectivity index (χ3v) is 2.85. The summed E-state index contributed by atoms with van der Waals surface area (Å²) in [6.07, 6.45) is 2.58. The minimum Gasteiger partial charge on any atom is -0.478 e. The van der Waals surface area contributed by atoms with Crippen molar-refractivity contribution in [3.8, 4) is 6.07 Å². The van der Waals surface area contributed by atoms with Crippen LogP contribution < -0.4 is 4.90 Å². The normalized spacial score (nSPS) is 9.80. The van der Waals surface area contributed by atoms with Crippen LogP contribution in [0.5, 0.6) is 0 Å². The van der Waals surface area contributed by atoms with Gasteiger partial charge in [-0.05, 0) is 12.1 Å². The molecule has 0 saturated carbocycles. The Morgan fingerprint density at radius 3 is 2.90 bits per heavy atom. The van der Waals surface area contributed by atoms with Crippen molar-refractivity contribution < 1.29 is 9.90 Å². The van der Waals surface area contributed by atoms with E-state index < -0.39 is 5.97 Å². The van der Waals surface area contributed by atoms with E-state index in [-0.39, 0.29) is 12.1 Å². The lowest BCUT2D eigenvalue weighted by Crippen LogP contribution is -2.20. The summed E-state index contributed by atoms with van der Waals surface area (Å²) in [6, 6.07) is 9.23. The summed E-state index contributed by atoms with van der Waals surface area (Å²) in [5.74, 6) is -1.07. The predicted octanol–water partition coefficient (Wildman–Crippen LogP) is 1.68. The van der Waals surface area contributed by atoms with Crippen LogP contribution in [0.3, 0.4) is 0 Å². The van der Waals surface area contributed by atoms with E-state index in [0.29, 0.717) is 11.3 Å². The first-order valence-electron chi connectivity index (χ1n) is 5.86. The third-order valence-electron chi connectivity index (χ3n) is 2.85. The van der Waals surface area contributed by atoms with Crippen molar-refractivity contribution in [1.29, 1.82) is 5.26 Å². The molecule has 0 bridgehead atoms. The van der Waals surface area contributed by atoms with E-state index in [9.17, 15) is 4.79 Å². The van der Waals surface area contributed by atoms with Gasteiger partial charge in [0.1, 0.15) is 18.0 Å². The second kappa shape index (κ2) is 5.80. The van der Waals surface area contributed by atoms with Gasteiger partial charge in [-0.25, -0.2) is 14.8 Å². The molecule has 0 aliphatic carbocycles. The van der Waals surface area contributed by atoms with Gasteiger partial charge in [0.25, 0.3) is 0 Å². The van der Waals surface area contributed by atoms with Crippen LogP contribution in [0, 0.1) is 11.3 Å². The number of nitrogens with zero attached hydrogens (tertiary/aromatic N) is 4. The van der Waals surface area contributed by atoms with Crippen LogP contribution >= 0.6 is 0 Å². The molecule has 2 aromatic rings. The molecule has 0 radical (unpaired) electrons. The highest BCUT2D eigenvalue weighted by atomic mass is 16.4. The summed E-state index contributed by atoms with van der Waals surface area (Å²) < 4.78 is 0. The number of hydrogen-bond donors (Lipinski definition) is 1. The molecule has 1 aromatic heterocycles. The van der Waals surface area contributed by atoms with Crippen molar-refractivity contribution in [2.75, 3.05) is 11.9 Å². The van der Waals surface area contributed by atoms with Gasteiger partial charge in [0.05, 0.1) is 23.5 Å². The van der Waals surface area contributed by atoms with Crippen molar-refractivity contribution in [1.82, 2.24) is 9.97 Å². The van der Waals surface area contributed by atoms with E-state index in [1.165, 1.54) is 12.5 Å². The Kier molecular flexibility index (Phi) is 3.91. The van der Waals surface area contributed by atoms with Gasteiger partial charge in [-0.15, -0.1) is 0 Å².